The SMILES string of the molecule is CCNC(=NCc1c(CC)noc1CC)NCCCN(C)CC(F)(F)F. The van der Waals surface area contributed by atoms with E-state index in [0.29, 0.717) is 38.6 Å². The highest BCUT2D eigenvalue weighted by Gasteiger charge is 2.28. The molecule has 150 valence electrons. The Morgan fingerprint density at radius 3 is 2.50 bits per heavy atom. The fourth-order valence-corrected chi connectivity index (χ4v) is 2.56. The summed E-state index contributed by atoms with van der Waals surface area (Å²) in [5.74, 6) is 1.48. The Bertz CT molecular complexity index is 536. The number of aryl methyl sites for hydroxylation is 2. The van der Waals surface area contributed by atoms with Gasteiger partial charge in [0.05, 0.1) is 18.8 Å². The van der Waals surface area contributed by atoms with E-state index in [4.69, 9.17) is 4.52 Å². The van der Waals surface area contributed by atoms with Gasteiger partial charge in [0.25, 0.3) is 0 Å². The zero-order chi connectivity index (χ0) is 19.6. The molecular weight excluding hydrogens is 347 g/mol. The van der Waals surface area contributed by atoms with Crippen LogP contribution >= 0.6 is 0 Å². The summed E-state index contributed by atoms with van der Waals surface area (Å²) in [7, 11) is 1.47. The van der Waals surface area contributed by atoms with E-state index < -0.39 is 12.7 Å². The average Bonchev–Trinajstić information content (AvgIpc) is 2.96. The van der Waals surface area contributed by atoms with Gasteiger partial charge in [-0.25, -0.2) is 4.99 Å². The van der Waals surface area contributed by atoms with E-state index in [9.17, 15) is 13.2 Å². The van der Waals surface area contributed by atoms with E-state index in [0.717, 1.165) is 29.9 Å². The van der Waals surface area contributed by atoms with E-state index in [2.05, 4.69) is 20.8 Å². The number of nitrogens with zero attached hydrogens (tertiary/aromatic N) is 3. The molecule has 0 bridgehead atoms. The number of hydrogen-bond acceptors (Lipinski definition) is 4. The molecule has 0 aliphatic rings. The number of guanidine groups is 1. The molecule has 2 N–H and O–H groups in total. The molecule has 26 heavy (non-hydrogen) atoms. The number of nitrogens with one attached hydrogen (secondary N) is 2. The molecule has 0 saturated carbocycles. The van der Waals surface area contributed by atoms with Gasteiger partial charge in [-0.1, -0.05) is 19.0 Å². The first kappa shape index (κ1) is 22.3. The molecule has 0 unspecified atom stereocenters. The number of aromatic nitrogens is 1. The molecule has 1 aromatic heterocycles. The topological polar surface area (TPSA) is 65.7 Å². The largest absolute Gasteiger partial charge is 0.401 e. The lowest BCUT2D eigenvalue weighted by Crippen LogP contribution is -2.39. The van der Waals surface area contributed by atoms with Crippen LogP contribution < -0.4 is 10.6 Å². The van der Waals surface area contributed by atoms with Crippen molar-refractivity contribution in [3.05, 3.63) is 17.0 Å². The molecule has 0 spiro atoms. The Hall–Kier alpha value is -1.77. The summed E-state index contributed by atoms with van der Waals surface area (Å²) >= 11 is 0. The average molecular weight is 377 g/mol. The fraction of sp³-hybridized carbons (Fsp3) is 0.765. The van der Waals surface area contributed by atoms with Crippen molar-refractivity contribution in [1.82, 2.24) is 20.7 Å². The highest BCUT2D eigenvalue weighted by Crippen LogP contribution is 2.17. The standard InChI is InChI=1S/C17H30F3N5O/c1-5-14-13(15(6-2)26-24-14)11-23-16(21-7-3)22-9-8-10-25(4)12-17(18,19)20/h5-12H2,1-4H3,(H2,21,22,23). The Labute approximate surface area is 153 Å². The monoisotopic (exact) mass is 377 g/mol. The minimum atomic E-state index is -4.16. The van der Waals surface area contributed by atoms with Gasteiger partial charge in [-0.2, -0.15) is 13.2 Å². The van der Waals surface area contributed by atoms with Crippen LogP contribution in [0.3, 0.4) is 0 Å². The van der Waals surface area contributed by atoms with Gasteiger partial charge in [0, 0.05) is 25.1 Å². The van der Waals surface area contributed by atoms with Crippen molar-refractivity contribution < 1.29 is 17.7 Å². The number of aliphatic imine (C=N–C) groups is 1. The third-order valence-corrected chi connectivity index (χ3v) is 3.80. The van der Waals surface area contributed by atoms with Gasteiger partial charge >= 0.3 is 6.18 Å². The first-order valence-electron chi connectivity index (χ1n) is 9.04. The minimum absolute atomic E-state index is 0.359. The molecule has 9 heteroatoms. The predicted octanol–water partition coefficient (Wildman–Crippen LogP) is 2.74. The van der Waals surface area contributed by atoms with Crippen LogP contribution in [0.2, 0.25) is 0 Å². The third kappa shape index (κ3) is 8.07. The zero-order valence-corrected chi connectivity index (χ0v) is 16.0. The van der Waals surface area contributed by atoms with E-state index in [-0.39, 0.29) is 0 Å². The minimum Gasteiger partial charge on any atom is -0.361 e. The van der Waals surface area contributed by atoms with Gasteiger partial charge in [0.2, 0.25) is 0 Å². The van der Waals surface area contributed by atoms with Gasteiger partial charge in [-0.3, -0.25) is 4.90 Å². The van der Waals surface area contributed by atoms with E-state index >= 15 is 0 Å². The van der Waals surface area contributed by atoms with Gasteiger partial charge in [0.15, 0.2) is 5.96 Å². The molecular formula is C17H30F3N5O. The molecule has 6 nitrogen and oxygen atoms in total. The molecule has 0 aliphatic heterocycles. The molecule has 0 atom stereocenters. The quantitative estimate of drug-likeness (QED) is 0.373. The smallest absolute Gasteiger partial charge is 0.361 e. The molecule has 1 rings (SSSR count). The van der Waals surface area contributed by atoms with Gasteiger partial charge in [-0.05, 0) is 33.4 Å². The summed E-state index contributed by atoms with van der Waals surface area (Å²) in [6.45, 7) is 7.15. The molecule has 0 saturated heterocycles. The van der Waals surface area contributed by atoms with Gasteiger partial charge in [0.1, 0.15) is 5.76 Å². The van der Waals surface area contributed by atoms with Crippen molar-refractivity contribution in [2.75, 3.05) is 33.2 Å². The summed E-state index contributed by atoms with van der Waals surface area (Å²) in [5, 5.41) is 10.4. The molecule has 0 aromatic carbocycles. The molecule has 0 radical (unpaired) electrons. The van der Waals surface area contributed by atoms with Gasteiger partial charge < -0.3 is 15.2 Å². The fourth-order valence-electron chi connectivity index (χ4n) is 2.56. The summed E-state index contributed by atoms with van der Waals surface area (Å²) in [5.41, 5.74) is 1.92. The van der Waals surface area contributed by atoms with Crippen molar-refractivity contribution >= 4 is 5.96 Å². The van der Waals surface area contributed by atoms with Crippen LogP contribution in [0, 0.1) is 0 Å². The second-order valence-corrected chi connectivity index (χ2v) is 6.07. The lowest BCUT2D eigenvalue weighted by molar-refractivity contribution is -0.143. The number of halogens is 3. The zero-order valence-electron chi connectivity index (χ0n) is 16.0. The highest BCUT2D eigenvalue weighted by molar-refractivity contribution is 5.79. The van der Waals surface area contributed by atoms with Crippen LogP contribution in [-0.2, 0) is 19.4 Å². The van der Waals surface area contributed by atoms with Crippen molar-refractivity contribution in [2.24, 2.45) is 4.99 Å². The Balaban J connectivity index is 2.53. The molecule has 0 fully saturated rings. The van der Waals surface area contributed by atoms with Crippen molar-refractivity contribution in [3.63, 3.8) is 0 Å². The Morgan fingerprint density at radius 2 is 1.92 bits per heavy atom. The van der Waals surface area contributed by atoms with Crippen molar-refractivity contribution in [1.29, 1.82) is 0 Å². The number of hydrogen-bond donors (Lipinski definition) is 2. The molecule has 0 aliphatic carbocycles. The first-order valence-corrected chi connectivity index (χ1v) is 9.04. The third-order valence-electron chi connectivity index (χ3n) is 3.80. The van der Waals surface area contributed by atoms with E-state index in [1.54, 1.807) is 0 Å². The maximum atomic E-state index is 12.3. The lowest BCUT2D eigenvalue weighted by Gasteiger charge is -2.18. The van der Waals surface area contributed by atoms with Crippen LogP contribution in [0.25, 0.3) is 0 Å². The van der Waals surface area contributed by atoms with E-state index in [1.807, 2.05) is 20.8 Å². The Morgan fingerprint density at radius 1 is 1.19 bits per heavy atom. The van der Waals surface area contributed by atoms with Crippen molar-refractivity contribution in [3.8, 4) is 0 Å². The number of rotatable bonds is 10. The summed E-state index contributed by atoms with van der Waals surface area (Å²) in [6, 6.07) is 0. The second kappa shape index (κ2) is 11.1. The van der Waals surface area contributed by atoms with Crippen LogP contribution in [0.4, 0.5) is 13.2 Å². The second-order valence-electron chi connectivity index (χ2n) is 6.07. The van der Waals surface area contributed by atoms with Gasteiger partial charge in [-0.15, -0.1) is 0 Å². The number of alkyl halides is 3. The normalized spacial score (nSPS) is 12.7. The first-order chi connectivity index (χ1) is 12.3. The summed E-state index contributed by atoms with van der Waals surface area (Å²) in [4.78, 5) is 5.82. The highest BCUT2D eigenvalue weighted by atomic mass is 19.4. The van der Waals surface area contributed by atoms with Crippen LogP contribution in [0.1, 0.15) is 44.2 Å². The van der Waals surface area contributed by atoms with Crippen LogP contribution in [0.15, 0.2) is 9.52 Å². The van der Waals surface area contributed by atoms with Crippen LogP contribution in [0.5, 0.6) is 0 Å². The molecule has 1 aromatic rings. The Kier molecular flexibility index (Phi) is 9.47. The maximum Gasteiger partial charge on any atom is 0.401 e. The molecule has 1 heterocycles. The van der Waals surface area contributed by atoms with Crippen LogP contribution in [-0.4, -0.2) is 55.4 Å². The summed E-state index contributed by atoms with van der Waals surface area (Å²) in [6.07, 6.45) is -2.03. The predicted molar refractivity (Wildman–Crippen MR) is 96.2 cm³/mol. The van der Waals surface area contributed by atoms with E-state index in [1.165, 1.54) is 11.9 Å². The maximum absolute atomic E-state index is 12.3. The lowest BCUT2D eigenvalue weighted by atomic mass is 10.1. The van der Waals surface area contributed by atoms with Crippen molar-refractivity contribution in [2.45, 2.75) is 52.8 Å². The molecule has 0 amide bonds. The summed E-state index contributed by atoms with van der Waals surface area (Å²) < 4.78 is 42.2.